The van der Waals surface area contributed by atoms with Crippen molar-refractivity contribution in [3.05, 3.63) is 0 Å². The van der Waals surface area contributed by atoms with Crippen LogP contribution in [0.2, 0.25) is 0 Å². The number of carbonyl (C=O) groups excluding carboxylic acids is 2. The molecule has 0 saturated carbocycles. The van der Waals surface area contributed by atoms with Crippen molar-refractivity contribution < 1.29 is 14.3 Å². The first-order valence-corrected chi connectivity index (χ1v) is 11.6. The Labute approximate surface area is 171 Å². The van der Waals surface area contributed by atoms with Gasteiger partial charge in [-0.25, -0.2) is 0 Å². The summed E-state index contributed by atoms with van der Waals surface area (Å²) >= 11 is 5.84. The summed E-state index contributed by atoms with van der Waals surface area (Å²) in [6.07, 6.45) is 15.6. The highest BCUT2D eigenvalue weighted by Crippen LogP contribution is 2.20. The lowest BCUT2D eigenvalue weighted by molar-refractivity contribution is -0.151. The zero-order valence-electron chi connectivity index (χ0n) is 17.5. The minimum Gasteiger partial charge on any atom is -0.465 e. The van der Waals surface area contributed by atoms with Gasteiger partial charge in [0.2, 0.25) is 5.91 Å². The van der Waals surface area contributed by atoms with Crippen molar-refractivity contribution >= 4 is 23.5 Å². The molecule has 0 N–H and O–H groups in total. The first kappa shape index (κ1) is 24.3. The summed E-state index contributed by atoms with van der Waals surface area (Å²) in [5, 5.41) is -0.491. The van der Waals surface area contributed by atoms with Crippen molar-refractivity contribution in [3.8, 4) is 0 Å². The van der Waals surface area contributed by atoms with Crippen LogP contribution < -0.4 is 0 Å². The van der Waals surface area contributed by atoms with E-state index in [2.05, 4.69) is 6.92 Å². The molecule has 1 atom stereocenters. The van der Waals surface area contributed by atoms with E-state index >= 15 is 0 Å². The average molecular weight is 402 g/mol. The fraction of sp³-hybridized carbons (Fsp3) is 0.909. The van der Waals surface area contributed by atoms with Gasteiger partial charge in [-0.05, 0) is 26.2 Å². The van der Waals surface area contributed by atoms with Crippen LogP contribution in [0.5, 0.6) is 0 Å². The number of alkyl halides is 1. The van der Waals surface area contributed by atoms with Gasteiger partial charge in [0.25, 0.3) is 0 Å². The summed E-state index contributed by atoms with van der Waals surface area (Å²) in [4.78, 5) is 25.7. The molecule has 1 fully saturated rings. The van der Waals surface area contributed by atoms with Gasteiger partial charge in [-0.15, -0.1) is 11.6 Å². The molecule has 0 aromatic heterocycles. The number of rotatable bonds is 14. The molecule has 0 spiro atoms. The zero-order chi connectivity index (χ0) is 19.9. The van der Waals surface area contributed by atoms with Crippen molar-refractivity contribution in [2.45, 2.75) is 103 Å². The molecular weight excluding hydrogens is 362 g/mol. The third-order valence-electron chi connectivity index (χ3n) is 5.47. The molecule has 4 nitrogen and oxygen atoms in total. The number of likely N-dealkylation sites (tertiary alicyclic amines) is 1. The van der Waals surface area contributed by atoms with E-state index in [-0.39, 0.29) is 17.8 Å². The van der Waals surface area contributed by atoms with Crippen LogP contribution in [-0.2, 0) is 14.3 Å². The lowest BCUT2D eigenvalue weighted by atomic mass is 9.97. The minimum absolute atomic E-state index is 0.0376. The molecule has 27 heavy (non-hydrogen) atoms. The molecular formula is C22H40ClNO3. The predicted octanol–water partition coefficient (Wildman–Crippen LogP) is 5.71. The van der Waals surface area contributed by atoms with Crippen LogP contribution in [-0.4, -0.2) is 41.8 Å². The predicted molar refractivity (Wildman–Crippen MR) is 112 cm³/mol. The normalized spacial score (nSPS) is 16.3. The zero-order valence-corrected chi connectivity index (χ0v) is 18.3. The Kier molecular flexibility index (Phi) is 13.7. The van der Waals surface area contributed by atoms with Gasteiger partial charge in [0.15, 0.2) is 0 Å². The molecule has 5 heteroatoms. The number of halogens is 1. The molecule has 0 bridgehead atoms. The van der Waals surface area contributed by atoms with Gasteiger partial charge < -0.3 is 9.64 Å². The van der Waals surface area contributed by atoms with Crippen LogP contribution in [0.1, 0.15) is 97.3 Å². The number of nitrogens with zero attached hydrogens (tertiary/aromatic N) is 1. The van der Waals surface area contributed by atoms with Crippen molar-refractivity contribution in [2.24, 2.45) is 5.92 Å². The van der Waals surface area contributed by atoms with E-state index in [4.69, 9.17) is 16.3 Å². The second kappa shape index (κ2) is 15.2. The maximum Gasteiger partial charge on any atom is 0.309 e. The number of amides is 1. The number of hydrogen-bond acceptors (Lipinski definition) is 3. The Balaban J connectivity index is 1.94. The maximum atomic E-state index is 12.1. The van der Waals surface area contributed by atoms with Crippen molar-refractivity contribution in [1.82, 2.24) is 4.90 Å². The highest BCUT2D eigenvalue weighted by molar-refractivity contribution is 6.30. The van der Waals surface area contributed by atoms with Crippen LogP contribution in [0.4, 0.5) is 0 Å². The van der Waals surface area contributed by atoms with E-state index in [1.54, 1.807) is 11.8 Å². The number of unbranched alkanes of at least 4 members (excludes halogenated alkanes) is 10. The fourth-order valence-electron chi connectivity index (χ4n) is 3.64. The standard InChI is InChI=1S/C22H40ClNO3/c1-3-4-5-6-7-8-9-10-11-12-13-18-27-22(26)20-14-16-24(17-15-20)21(25)19(2)23/h19-20H,3-18H2,1-2H3. The molecule has 1 rings (SSSR count). The highest BCUT2D eigenvalue weighted by atomic mass is 35.5. The summed E-state index contributed by atoms with van der Waals surface area (Å²) in [6.45, 7) is 5.69. The van der Waals surface area contributed by atoms with Gasteiger partial charge in [0, 0.05) is 13.1 Å². The van der Waals surface area contributed by atoms with Gasteiger partial charge in [-0.3, -0.25) is 9.59 Å². The topological polar surface area (TPSA) is 46.6 Å². The smallest absolute Gasteiger partial charge is 0.309 e. The number of ether oxygens (including phenoxy) is 1. The summed E-state index contributed by atoms with van der Waals surface area (Å²) in [5.41, 5.74) is 0. The number of carbonyl (C=O) groups is 2. The quantitative estimate of drug-likeness (QED) is 0.213. The van der Waals surface area contributed by atoms with Crippen molar-refractivity contribution in [1.29, 1.82) is 0 Å². The monoisotopic (exact) mass is 401 g/mol. The second-order valence-corrected chi connectivity index (χ2v) is 8.57. The summed E-state index contributed by atoms with van der Waals surface area (Å²) in [6, 6.07) is 0. The van der Waals surface area contributed by atoms with Crippen LogP contribution in [0.25, 0.3) is 0 Å². The molecule has 1 aliphatic heterocycles. The summed E-state index contributed by atoms with van der Waals surface area (Å²) in [7, 11) is 0. The first-order valence-electron chi connectivity index (χ1n) is 11.2. The van der Waals surface area contributed by atoms with E-state index < -0.39 is 5.38 Å². The molecule has 1 heterocycles. The summed E-state index contributed by atoms with van der Waals surface area (Å²) in [5.74, 6) is -0.190. The van der Waals surface area contributed by atoms with Gasteiger partial charge in [-0.2, -0.15) is 0 Å². The van der Waals surface area contributed by atoms with E-state index in [1.807, 2.05) is 0 Å². The molecule has 0 aliphatic carbocycles. The lowest BCUT2D eigenvalue weighted by Crippen LogP contribution is -2.43. The van der Waals surface area contributed by atoms with Gasteiger partial charge >= 0.3 is 5.97 Å². The third kappa shape index (κ3) is 11.0. The largest absolute Gasteiger partial charge is 0.465 e. The van der Waals surface area contributed by atoms with Crippen molar-refractivity contribution in [3.63, 3.8) is 0 Å². The van der Waals surface area contributed by atoms with E-state index in [0.29, 0.717) is 32.5 Å². The Bertz CT molecular complexity index is 406. The average Bonchev–Trinajstić information content (AvgIpc) is 2.68. The fourth-order valence-corrected chi connectivity index (χ4v) is 3.78. The van der Waals surface area contributed by atoms with Gasteiger partial charge in [-0.1, -0.05) is 71.1 Å². The molecule has 158 valence electrons. The van der Waals surface area contributed by atoms with Crippen molar-refractivity contribution in [2.75, 3.05) is 19.7 Å². The molecule has 0 aromatic carbocycles. The highest BCUT2D eigenvalue weighted by Gasteiger charge is 2.29. The minimum atomic E-state index is -0.491. The number of piperidine rings is 1. The molecule has 1 saturated heterocycles. The molecule has 0 aromatic rings. The van der Waals surface area contributed by atoms with E-state index in [1.165, 1.54) is 57.8 Å². The number of hydrogen-bond donors (Lipinski definition) is 0. The van der Waals surface area contributed by atoms with E-state index in [9.17, 15) is 9.59 Å². The SMILES string of the molecule is CCCCCCCCCCCCCOC(=O)C1CCN(C(=O)C(C)Cl)CC1. The Hall–Kier alpha value is -0.770. The number of esters is 1. The van der Waals surface area contributed by atoms with Crippen LogP contribution >= 0.6 is 11.6 Å². The Morgan fingerprint density at radius 2 is 1.41 bits per heavy atom. The third-order valence-corrected chi connectivity index (χ3v) is 5.66. The van der Waals surface area contributed by atoms with Crippen LogP contribution in [0.3, 0.4) is 0 Å². The van der Waals surface area contributed by atoms with Gasteiger partial charge in [0.05, 0.1) is 12.5 Å². The molecule has 1 aliphatic rings. The molecule has 1 amide bonds. The maximum absolute atomic E-state index is 12.1. The van der Waals surface area contributed by atoms with Crippen LogP contribution in [0.15, 0.2) is 0 Å². The summed E-state index contributed by atoms with van der Waals surface area (Å²) < 4.78 is 5.44. The Morgan fingerprint density at radius 3 is 1.89 bits per heavy atom. The first-order chi connectivity index (χ1) is 13.1. The second-order valence-electron chi connectivity index (χ2n) is 7.92. The lowest BCUT2D eigenvalue weighted by Gasteiger charge is -2.31. The Morgan fingerprint density at radius 1 is 0.926 bits per heavy atom. The molecule has 1 unspecified atom stereocenters. The van der Waals surface area contributed by atoms with E-state index in [0.717, 1.165) is 12.8 Å². The molecule has 0 radical (unpaired) electrons. The van der Waals surface area contributed by atoms with Gasteiger partial charge in [0.1, 0.15) is 5.38 Å². The van der Waals surface area contributed by atoms with Crippen LogP contribution in [0, 0.1) is 5.92 Å².